The Morgan fingerprint density at radius 2 is 2.00 bits per heavy atom. The van der Waals surface area contributed by atoms with Crippen LogP contribution >= 0.6 is 0 Å². The quantitative estimate of drug-likeness (QED) is 0.578. The summed E-state index contributed by atoms with van der Waals surface area (Å²) in [6, 6.07) is 10.8. The Bertz CT molecular complexity index is 1240. The van der Waals surface area contributed by atoms with Crippen molar-refractivity contribution in [1.29, 1.82) is 0 Å². The second-order valence-corrected chi connectivity index (χ2v) is 8.73. The predicted octanol–water partition coefficient (Wildman–Crippen LogP) is 1.85. The first-order valence-corrected chi connectivity index (χ1v) is 11.8. The van der Waals surface area contributed by atoms with Crippen LogP contribution in [0.3, 0.4) is 0 Å². The summed E-state index contributed by atoms with van der Waals surface area (Å²) in [6.45, 7) is 3.35. The van der Waals surface area contributed by atoms with Crippen LogP contribution in [-0.2, 0) is 16.1 Å². The number of benzene rings is 2. The number of halogens is 1. The van der Waals surface area contributed by atoms with Crippen LogP contribution in [-0.4, -0.2) is 72.6 Å². The molecule has 2 aromatic carbocycles. The number of rotatable bonds is 5. The van der Waals surface area contributed by atoms with E-state index < -0.39 is 11.9 Å². The average Bonchev–Trinajstić information content (AvgIpc) is 3.13. The maximum atomic E-state index is 13.2. The summed E-state index contributed by atoms with van der Waals surface area (Å²) in [5.74, 6) is -0.713. The summed E-state index contributed by atoms with van der Waals surface area (Å²) >= 11 is 0. The summed E-state index contributed by atoms with van der Waals surface area (Å²) in [6.07, 6.45) is 2.35. The second kappa shape index (κ2) is 10.3. The number of fused-ring (bicyclic) bond motifs is 1. The van der Waals surface area contributed by atoms with E-state index in [-0.39, 0.29) is 24.2 Å². The number of hydrogen-bond donors (Lipinski definition) is 1. The number of ether oxygens (including phenoxy) is 2. The van der Waals surface area contributed by atoms with Crippen LogP contribution in [0.2, 0.25) is 0 Å². The monoisotopic (exact) mass is 494 g/mol. The summed E-state index contributed by atoms with van der Waals surface area (Å²) in [5, 5.41) is 6.88. The highest BCUT2D eigenvalue weighted by molar-refractivity contribution is 6.02. The summed E-state index contributed by atoms with van der Waals surface area (Å²) in [4.78, 5) is 33.8. The van der Waals surface area contributed by atoms with Gasteiger partial charge in [-0.15, -0.1) is 5.10 Å². The molecule has 2 aliphatic heterocycles. The predicted molar refractivity (Wildman–Crippen MR) is 130 cm³/mol. The fourth-order valence-corrected chi connectivity index (χ4v) is 4.27. The van der Waals surface area contributed by atoms with E-state index in [9.17, 15) is 14.0 Å². The lowest BCUT2D eigenvalue weighted by Crippen LogP contribution is -2.49. The topological polar surface area (TPSA) is 102 Å². The molecule has 2 aliphatic rings. The maximum Gasteiger partial charge on any atom is 0.291 e. The summed E-state index contributed by atoms with van der Waals surface area (Å²) in [5.41, 5.74) is 2.44. The normalized spacial score (nSPS) is 18.2. The first-order valence-electron chi connectivity index (χ1n) is 11.8. The van der Waals surface area contributed by atoms with Gasteiger partial charge in [-0.2, -0.15) is 0 Å². The molecule has 1 fully saturated rings. The van der Waals surface area contributed by atoms with Crippen molar-refractivity contribution in [1.82, 2.24) is 20.1 Å². The van der Waals surface area contributed by atoms with Crippen LogP contribution in [0.15, 0.2) is 48.8 Å². The largest absolute Gasteiger partial charge is 0.489 e. The van der Waals surface area contributed by atoms with Gasteiger partial charge in [0.05, 0.1) is 18.8 Å². The number of aromatic nitrogens is 3. The van der Waals surface area contributed by atoms with E-state index in [0.29, 0.717) is 24.6 Å². The fourth-order valence-electron chi connectivity index (χ4n) is 4.27. The molecular weight excluding hydrogens is 467 g/mol. The van der Waals surface area contributed by atoms with E-state index in [2.05, 4.69) is 20.3 Å². The molecule has 0 unspecified atom stereocenters. The van der Waals surface area contributed by atoms with E-state index in [1.807, 2.05) is 18.2 Å². The highest BCUT2D eigenvalue weighted by Gasteiger charge is 2.32. The van der Waals surface area contributed by atoms with E-state index in [1.54, 1.807) is 19.2 Å². The van der Waals surface area contributed by atoms with Gasteiger partial charge < -0.3 is 24.6 Å². The van der Waals surface area contributed by atoms with E-state index in [4.69, 9.17) is 9.47 Å². The van der Waals surface area contributed by atoms with Gasteiger partial charge in [0.1, 0.15) is 30.5 Å². The average molecular weight is 495 g/mol. The van der Waals surface area contributed by atoms with Crippen molar-refractivity contribution < 1.29 is 23.5 Å². The van der Waals surface area contributed by atoms with Crippen molar-refractivity contribution in [3.63, 3.8) is 0 Å². The van der Waals surface area contributed by atoms with Crippen molar-refractivity contribution >= 4 is 23.2 Å². The minimum absolute atomic E-state index is 0.0187. The van der Waals surface area contributed by atoms with Gasteiger partial charge in [0.2, 0.25) is 5.82 Å². The van der Waals surface area contributed by atoms with Gasteiger partial charge in [-0.3, -0.25) is 9.59 Å². The van der Waals surface area contributed by atoms with Crippen molar-refractivity contribution in [2.75, 3.05) is 49.8 Å². The zero-order valence-electron chi connectivity index (χ0n) is 19.9. The number of nitrogens with one attached hydrogen (secondary N) is 1. The molecule has 1 atom stereocenters. The van der Waals surface area contributed by atoms with Gasteiger partial charge >= 0.3 is 0 Å². The molecule has 1 aromatic heterocycles. The molecule has 3 aromatic rings. The number of anilines is 2. The molecule has 0 aliphatic carbocycles. The number of carbonyl (C=O) groups is 2. The third-order valence-electron chi connectivity index (χ3n) is 6.23. The third kappa shape index (κ3) is 5.15. The van der Waals surface area contributed by atoms with Crippen molar-refractivity contribution in [2.45, 2.75) is 19.0 Å². The number of likely N-dealkylation sites (N-methyl/N-ethyl adjacent to an activating group) is 1. The van der Waals surface area contributed by atoms with Crippen LogP contribution < -0.4 is 19.9 Å². The van der Waals surface area contributed by atoms with Gasteiger partial charge in [0, 0.05) is 32.4 Å². The standard InChI is InChI=1S/C25H27FN6O4/c1-30-21-13-19(31-9-2-11-35-12-10-31)7-8-22(21)36-15-20(25(30)34)28-24(33)23-27-16-32(29-23)14-17-3-5-18(26)6-4-17/h3-8,13,16,20H,2,9-12,14-15H2,1H3,(H,28,33)/t20-/m0/s1. The molecular formula is C25H27FN6O4. The van der Waals surface area contributed by atoms with Gasteiger partial charge in [-0.05, 0) is 42.3 Å². The second-order valence-electron chi connectivity index (χ2n) is 8.73. The molecule has 10 nitrogen and oxygen atoms in total. The Balaban J connectivity index is 1.26. The zero-order valence-corrected chi connectivity index (χ0v) is 19.9. The molecule has 188 valence electrons. The SMILES string of the molecule is CN1C(=O)[C@@H](NC(=O)c2ncn(Cc3ccc(F)cc3)n2)COc2ccc(N3CCCOCC3)cc21. The van der Waals surface area contributed by atoms with E-state index in [1.165, 1.54) is 28.0 Å². The van der Waals surface area contributed by atoms with Gasteiger partial charge in [-0.1, -0.05) is 12.1 Å². The first-order chi connectivity index (χ1) is 17.5. The van der Waals surface area contributed by atoms with Crippen LogP contribution in [0, 0.1) is 5.82 Å². The smallest absolute Gasteiger partial charge is 0.291 e. The van der Waals surface area contributed by atoms with Crippen molar-refractivity contribution in [2.24, 2.45) is 0 Å². The Kier molecular flexibility index (Phi) is 6.81. The minimum atomic E-state index is -0.908. The highest BCUT2D eigenvalue weighted by atomic mass is 19.1. The molecule has 0 bridgehead atoms. The van der Waals surface area contributed by atoms with Gasteiger partial charge in [0.25, 0.3) is 11.8 Å². The van der Waals surface area contributed by atoms with Crippen LogP contribution in [0.4, 0.5) is 15.8 Å². The molecule has 1 saturated heterocycles. The van der Waals surface area contributed by atoms with Crippen molar-refractivity contribution in [3.8, 4) is 5.75 Å². The van der Waals surface area contributed by atoms with Crippen molar-refractivity contribution in [3.05, 3.63) is 66.0 Å². The Labute approximate surface area is 207 Å². The lowest BCUT2D eigenvalue weighted by molar-refractivity contribution is -0.120. The number of nitrogens with zero attached hydrogens (tertiary/aromatic N) is 5. The molecule has 36 heavy (non-hydrogen) atoms. The lowest BCUT2D eigenvalue weighted by Gasteiger charge is -2.25. The minimum Gasteiger partial charge on any atom is -0.489 e. The molecule has 5 rings (SSSR count). The van der Waals surface area contributed by atoms with E-state index >= 15 is 0 Å². The molecule has 11 heteroatoms. The Morgan fingerprint density at radius 1 is 1.17 bits per heavy atom. The Morgan fingerprint density at radius 3 is 2.83 bits per heavy atom. The molecule has 0 saturated carbocycles. The van der Waals surface area contributed by atoms with Gasteiger partial charge in [0.15, 0.2) is 0 Å². The molecule has 2 amide bonds. The number of hydrogen-bond acceptors (Lipinski definition) is 7. The van der Waals surface area contributed by atoms with Crippen LogP contribution in [0.25, 0.3) is 0 Å². The Hall–Kier alpha value is -3.99. The highest BCUT2D eigenvalue weighted by Crippen LogP contribution is 2.34. The van der Waals surface area contributed by atoms with Crippen LogP contribution in [0.5, 0.6) is 5.75 Å². The number of amides is 2. The zero-order chi connectivity index (χ0) is 25.1. The van der Waals surface area contributed by atoms with Gasteiger partial charge in [-0.25, -0.2) is 14.1 Å². The van der Waals surface area contributed by atoms with Crippen LogP contribution in [0.1, 0.15) is 22.6 Å². The number of carbonyl (C=O) groups excluding carboxylic acids is 2. The summed E-state index contributed by atoms with van der Waals surface area (Å²) < 4.78 is 26.0. The molecule has 0 spiro atoms. The maximum absolute atomic E-state index is 13.2. The fraction of sp³-hybridized carbons (Fsp3) is 0.360. The first kappa shape index (κ1) is 23.7. The third-order valence-corrected chi connectivity index (χ3v) is 6.23. The molecule has 3 heterocycles. The van der Waals surface area contributed by atoms with E-state index in [0.717, 1.165) is 37.4 Å². The molecule has 0 radical (unpaired) electrons. The lowest BCUT2D eigenvalue weighted by atomic mass is 10.2. The summed E-state index contributed by atoms with van der Waals surface area (Å²) in [7, 11) is 1.67. The molecule has 1 N–H and O–H groups in total.